The molecule has 0 spiro atoms. The van der Waals surface area contributed by atoms with E-state index in [4.69, 9.17) is 4.74 Å². The molecule has 0 atom stereocenters. The molecular formula is C20H25N3O5S2. The highest BCUT2D eigenvalue weighted by Crippen LogP contribution is 2.26. The molecule has 0 aliphatic carbocycles. The summed E-state index contributed by atoms with van der Waals surface area (Å²) < 4.78 is 31.9. The summed E-state index contributed by atoms with van der Waals surface area (Å²) >= 11 is 1.18. The van der Waals surface area contributed by atoms with E-state index in [1.807, 2.05) is 31.1 Å². The zero-order chi connectivity index (χ0) is 21.7. The first-order valence-electron chi connectivity index (χ1n) is 9.55. The van der Waals surface area contributed by atoms with Gasteiger partial charge in [-0.25, -0.2) is 8.42 Å². The van der Waals surface area contributed by atoms with Crippen LogP contribution in [0.15, 0.2) is 46.0 Å². The lowest BCUT2D eigenvalue weighted by molar-refractivity contribution is -0.152. The number of carbonyl (C=O) groups excluding carboxylic acids is 2. The summed E-state index contributed by atoms with van der Waals surface area (Å²) in [5, 5.41) is 4.41. The van der Waals surface area contributed by atoms with Gasteiger partial charge >= 0.3 is 5.97 Å². The molecule has 10 heteroatoms. The van der Waals surface area contributed by atoms with Gasteiger partial charge in [-0.05, 0) is 48.6 Å². The second kappa shape index (κ2) is 9.59. The number of sulfonamides is 1. The van der Waals surface area contributed by atoms with Crippen molar-refractivity contribution in [2.24, 2.45) is 5.92 Å². The van der Waals surface area contributed by atoms with E-state index < -0.39 is 27.8 Å². The number of esters is 1. The first-order valence-corrected chi connectivity index (χ1v) is 11.9. The maximum atomic E-state index is 12.5. The molecule has 1 aliphatic heterocycles. The first-order chi connectivity index (χ1) is 14.3. The summed E-state index contributed by atoms with van der Waals surface area (Å²) in [4.78, 5) is 26.3. The van der Waals surface area contributed by atoms with Crippen LogP contribution in [0.1, 0.15) is 12.8 Å². The second-order valence-corrected chi connectivity index (χ2v) is 10.3. The molecule has 8 nitrogen and oxygen atoms in total. The summed E-state index contributed by atoms with van der Waals surface area (Å²) in [6.07, 6.45) is 0.744. The number of nitrogens with zero attached hydrogens (tertiary/aromatic N) is 2. The molecule has 0 saturated carbocycles. The van der Waals surface area contributed by atoms with Crippen LogP contribution >= 0.6 is 11.3 Å². The third-order valence-corrected chi connectivity index (χ3v) is 8.16. The largest absolute Gasteiger partial charge is 0.455 e. The Morgan fingerprint density at radius 1 is 1.17 bits per heavy atom. The number of ether oxygens (including phenoxy) is 1. The Morgan fingerprint density at radius 3 is 2.40 bits per heavy atom. The fraction of sp³-hybridized carbons (Fsp3) is 0.400. The van der Waals surface area contributed by atoms with Crippen LogP contribution in [0.2, 0.25) is 0 Å². The molecule has 1 fully saturated rings. The summed E-state index contributed by atoms with van der Waals surface area (Å²) in [5.41, 5.74) is 1.63. The number of hydrogen-bond acceptors (Lipinski definition) is 7. The first kappa shape index (κ1) is 22.3. The summed E-state index contributed by atoms with van der Waals surface area (Å²) in [5.74, 6) is -1.30. The van der Waals surface area contributed by atoms with E-state index in [1.165, 1.54) is 15.6 Å². The van der Waals surface area contributed by atoms with E-state index in [-0.39, 0.29) is 19.7 Å². The molecular weight excluding hydrogens is 426 g/mol. The number of carbonyl (C=O) groups is 2. The Hall–Kier alpha value is -2.43. The van der Waals surface area contributed by atoms with Crippen molar-refractivity contribution in [2.75, 3.05) is 44.0 Å². The van der Waals surface area contributed by atoms with Crippen molar-refractivity contribution in [2.45, 2.75) is 17.1 Å². The highest BCUT2D eigenvalue weighted by atomic mass is 32.2. The number of anilines is 2. The number of thiophene rings is 1. The number of rotatable bonds is 7. The van der Waals surface area contributed by atoms with Gasteiger partial charge in [-0.1, -0.05) is 6.07 Å². The van der Waals surface area contributed by atoms with Gasteiger partial charge in [0.2, 0.25) is 0 Å². The summed E-state index contributed by atoms with van der Waals surface area (Å²) in [7, 11) is 0.347. The number of piperidine rings is 1. The van der Waals surface area contributed by atoms with E-state index in [0.29, 0.717) is 22.7 Å². The Balaban J connectivity index is 1.44. The highest BCUT2D eigenvalue weighted by molar-refractivity contribution is 7.91. The lowest BCUT2D eigenvalue weighted by atomic mass is 9.98. The van der Waals surface area contributed by atoms with Gasteiger partial charge in [0.1, 0.15) is 4.21 Å². The predicted octanol–water partition coefficient (Wildman–Crippen LogP) is 2.40. The average molecular weight is 452 g/mol. The van der Waals surface area contributed by atoms with Gasteiger partial charge in [-0.15, -0.1) is 11.3 Å². The van der Waals surface area contributed by atoms with E-state index in [9.17, 15) is 18.0 Å². The fourth-order valence-corrected chi connectivity index (χ4v) is 5.78. The molecule has 0 radical (unpaired) electrons. The van der Waals surface area contributed by atoms with Crippen molar-refractivity contribution in [3.05, 3.63) is 41.8 Å². The van der Waals surface area contributed by atoms with Crippen LogP contribution in [0.25, 0.3) is 0 Å². The third kappa shape index (κ3) is 5.38. The van der Waals surface area contributed by atoms with Gasteiger partial charge < -0.3 is 15.0 Å². The Kier molecular flexibility index (Phi) is 7.11. The van der Waals surface area contributed by atoms with Gasteiger partial charge in [0.25, 0.3) is 15.9 Å². The quantitative estimate of drug-likeness (QED) is 0.650. The van der Waals surface area contributed by atoms with E-state index in [1.54, 1.807) is 29.6 Å². The maximum absolute atomic E-state index is 12.5. The van der Waals surface area contributed by atoms with Crippen molar-refractivity contribution >= 4 is 44.6 Å². The molecule has 2 aromatic rings. The number of benzene rings is 1. The summed E-state index contributed by atoms with van der Waals surface area (Å²) in [6.45, 7) is 0.136. The van der Waals surface area contributed by atoms with Gasteiger partial charge in [0.15, 0.2) is 6.61 Å². The molecule has 2 heterocycles. The monoisotopic (exact) mass is 451 g/mol. The van der Waals surface area contributed by atoms with Gasteiger partial charge in [0.05, 0.1) is 5.92 Å². The molecule has 162 valence electrons. The molecule has 0 bridgehead atoms. The molecule has 1 saturated heterocycles. The van der Waals surface area contributed by atoms with Gasteiger partial charge in [0, 0.05) is 38.6 Å². The van der Waals surface area contributed by atoms with Crippen molar-refractivity contribution in [1.29, 1.82) is 0 Å². The molecule has 1 aromatic carbocycles. The Labute approximate surface area is 180 Å². The van der Waals surface area contributed by atoms with E-state index >= 15 is 0 Å². The Morgan fingerprint density at radius 2 is 1.83 bits per heavy atom. The molecule has 3 rings (SSSR count). The molecule has 1 aromatic heterocycles. The topological polar surface area (TPSA) is 96.0 Å². The lowest BCUT2D eigenvalue weighted by Crippen LogP contribution is -2.40. The fourth-order valence-electron chi connectivity index (χ4n) is 3.16. The molecule has 1 amide bonds. The molecule has 30 heavy (non-hydrogen) atoms. The number of amides is 1. The van der Waals surface area contributed by atoms with Crippen LogP contribution in [0.5, 0.6) is 0 Å². The minimum atomic E-state index is -3.50. The molecule has 0 unspecified atom stereocenters. The highest BCUT2D eigenvalue weighted by Gasteiger charge is 2.33. The van der Waals surface area contributed by atoms with Crippen LogP contribution in [-0.2, 0) is 24.3 Å². The Bertz CT molecular complexity index is 964. The maximum Gasteiger partial charge on any atom is 0.309 e. The van der Waals surface area contributed by atoms with Crippen LogP contribution < -0.4 is 10.2 Å². The smallest absolute Gasteiger partial charge is 0.309 e. The zero-order valence-corrected chi connectivity index (χ0v) is 18.5. The minimum absolute atomic E-state index is 0.254. The van der Waals surface area contributed by atoms with Crippen molar-refractivity contribution < 1.29 is 22.7 Å². The molecule has 1 aliphatic rings. The van der Waals surface area contributed by atoms with Crippen molar-refractivity contribution in [1.82, 2.24) is 4.31 Å². The predicted molar refractivity (Wildman–Crippen MR) is 116 cm³/mol. The van der Waals surface area contributed by atoms with Crippen LogP contribution in [0, 0.1) is 5.92 Å². The third-order valence-electron chi connectivity index (χ3n) is 4.89. The summed E-state index contributed by atoms with van der Waals surface area (Å²) in [6, 6.07) is 10.6. The van der Waals surface area contributed by atoms with Crippen molar-refractivity contribution in [3.63, 3.8) is 0 Å². The van der Waals surface area contributed by atoms with E-state index in [0.717, 1.165) is 5.69 Å². The minimum Gasteiger partial charge on any atom is -0.455 e. The lowest BCUT2D eigenvalue weighted by Gasteiger charge is -2.29. The van der Waals surface area contributed by atoms with Gasteiger partial charge in [-0.3, -0.25) is 9.59 Å². The average Bonchev–Trinajstić information content (AvgIpc) is 3.28. The van der Waals surface area contributed by atoms with E-state index in [2.05, 4.69) is 5.32 Å². The van der Waals surface area contributed by atoms with Crippen molar-refractivity contribution in [3.8, 4) is 0 Å². The standard InChI is InChI=1S/C20H25N3O5S2/c1-22(2)17-7-5-16(6-8-17)21-18(24)14-28-20(25)15-9-11-23(12-10-15)30(26,27)19-4-3-13-29-19/h3-8,13,15H,9-12,14H2,1-2H3,(H,21,24). The molecule has 1 N–H and O–H groups in total. The normalized spacial score (nSPS) is 15.5. The van der Waals surface area contributed by atoms with Crippen LogP contribution in [0.4, 0.5) is 11.4 Å². The second-order valence-electron chi connectivity index (χ2n) is 7.21. The van der Waals surface area contributed by atoms with Gasteiger partial charge in [-0.2, -0.15) is 4.31 Å². The zero-order valence-electron chi connectivity index (χ0n) is 16.9. The number of hydrogen-bond donors (Lipinski definition) is 1. The number of nitrogens with one attached hydrogen (secondary N) is 1. The SMILES string of the molecule is CN(C)c1ccc(NC(=O)COC(=O)C2CCN(S(=O)(=O)c3cccs3)CC2)cc1. The van der Waals surface area contributed by atoms with Crippen LogP contribution in [-0.4, -0.2) is 58.4 Å². The van der Waals surface area contributed by atoms with Crippen LogP contribution in [0.3, 0.4) is 0 Å².